The topological polar surface area (TPSA) is 74.2 Å². The standard InChI is InChI=1S/C17H21N3O2/c21-16(12-17(22)10-4-1-5-11-17)20-19-15-9-8-13-6-2-3-7-14(13)18-15/h2-3,6-9,22H,1,4-5,10-12H2,(H,18,19)(H,20,21). The summed E-state index contributed by atoms with van der Waals surface area (Å²) in [6.45, 7) is 0. The molecule has 1 fully saturated rings. The van der Waals surface area contributed by atoms with Gasteiger partial charge in [0.05, 0.1) is 17.5 Å². The number of hydrogen-bond acceptors (Lipinski definition) is 4. The van der Waals surface area contributed by atoms with E-state index in [0.29, 0.717) is 18.7 Å². The van der Waals surface area contributed by atoms with E-state index in [0.717, 1.165) is 30.2 Å². The molecule has 0 atom stereocenters. The molecule has 1 aliphatic carbocycles. The highest BCUT2D eigenvalue weighted by molar-refractivity contribution is 5.81. The molecule has 1 heterocycles. The highest BCUT2D eigenvalue weighted by atomic mass is 16.3. The van der Waals surface area contributed by atoms with E-state index in [9.17, 15) is 9.90 Å². The normalized spacial score (nSPS) is 17.1. The van der Waals surface area contributed by atoms with Crippen LogP contribution in [0.1, 0.15) is 38.5 Å². The van der Waals surface area contributed by atoms with Crippen molar-refractivity contribution >= 4 is 22.6 Å². The van der Waals surface area contributed by atoms with Gasteiger partial charge in [-0.05, 0) is 31.0 Å². The Morgan fingerprint density at radius 1 is 1.14 bits per heavy atom. The van der Waals surface area contributed by atoms with Crippen LogP contribution in [0, 0.1) is 0 Å². The van der Waals surface area contributed by atoms with Gasteiger partial charge in [-0.3, -0.25) is 15.6 Å². The number of carbonyl (C=O) groups is 1. The number of para-hydroxylation sites is 1. The van der Waals surface area contributed by atoms with Crippen molar-refractivity contribution < 1.29 is 9.90 Å². The minimum atomic E-state index is -0.846. The number of benzene rings is 1. The lowest BCUT2D eigenvalue weighted by Crippen LogP contribution is -2.40. The number of aromatic nitrogens is 1. The summed E-state index contributed by atoms with van der Waals surface area (Å²) < 4.78 is 0. The van der Waals surface area contributed by atoms with E-state index in [1.165, 1.54) is 0 Å². The monoisotopic (exact) mass is 299 g/mol. The number of hydrogen-bond donors (Lipinski definition) is 3. The lowest BCUT2D eigenvalue weighted by molar-refractivity contribution is -0.126. The summed E-state index contributed by atoms with van der Waals surface area (Å²) in [5, 5.41) is 11.4. The van der Waals surface area contributed by atoms with Crippen molar-refractivity contribution in [1.82, 2.24) is 10.4 Å². The average Bonchev–Trinajstić information content (AvgIpc) is 2.53. The molecule has 0 aliphatic heterocycles. The molecule has 5 nitrogen and oxygen atoms in total. The first-order chi connectivity index (χ1) is 10.6. The minimum absolute atomic E-state index is 0.133. The quantitative estimate of drug-likeness (QED) is 0.759. The molecule has 0 bridgehead atoms. The molecule has 0 spiro atoms. The van der Waals surface area contributed by atoms with Gasteiger partial charge < -0.3 is 5.11 Å². The van der Waals surface area contributed by atoms with E-state index >= 15 is 0 Å². The van der Waals surface area contributed by atoms with E-state index in [4.69, 9.17) is 0 Å². The molecule has 1 saturated carbocycles. The second-order valence-electron chi connectivity index (χ2n) is 6.02. The van der Waals surface area contributed by atoms with Crippen LogP contribution in [-0.2, 0) is 4.79 Å². The van der Waals surface area contributed by atoms with Crippen LogP contribution in [0.4, 0.5) is 5.82 Å². The van der Waals surface area contributed by atoms with Gasteiger partial charge in [0, 0.05) is 5.39 Å². The summed E-state index contributed by atoms with van der Waals surface area (Å²) in [4.78, 5) is 16.4. The fourth-order valence-electron chi connectivity index (χ4n) is 3.00. The number of nitrogens with zero attached hydrogens (tertiary/aromatic N) is 1. The molecular weight excluding hydrogens is 278 g/mol. The van der Waals surface area contributed by atoms with Gasteiger partial charge in [0.25, 0.3) is 0 Å². The fraction of sp³-hybridized carbons (Fsp3) is 0.412. The number of rotatable bonds is 4. The summed E-state index contributed by atoms with van der Waals surface area (Å²) in [7, 11) is 0. The van der Waals surface area contributed by atoms with E-state index in [1.54, 1.807) is 0 Å². The zero-order chi connectivity index (χ0) is 15.4. The molecule has 1 aromatic heterocycles. The van der Waals surface area contributed by atoms with E-state index in [2.05, 4.69) is 15.8 Å². The number of nitrogens with one attached hydrogen (secondary N) is 2. The van der Waals surface area contributed by atoms with Gasteiger partial charge in [-0.2, -0.15) is 0 Å². The highest BCUT2D eigenvalue weighted by Crippen LogP contribution is 2.30. The van der Waals surface area contributed by atoms with Crippen LogP contribution in [0.15, 0.2) is 36.4 Å². The Morgan fingerprint density at radius 2 is 1.91 bits per heavy atom. The summed E-state index contributed by atoms with van der Waals surface area (Å²) in [6, 6.07) is 11.6. The van der Waals surface area contributed by atoms with Gasteiger partial charge in [-0.25, -0.2) is 4.98 Å². The maximum absolute atomic E-state index is 12.0. The number of pyridine rings is 1. The van der Waals surface area contributed by atoms with Crippen LogP contribution in [0.25, 0.3) is 10.9 Å². The molecule has 2 aromatic rings. The molecule has 3 rings (SSSR count). The molecule has 5 heteroatoms. The van der Waals surface area contributed by atoms with E-state index in [1.807, 2.05) is 36.4 Å². The number of amides is 1. The summed E-state index contributed by atoms with van der Waals surface area (Å²) in [6.07, 6.45) is 4.66. The third-order valence-electron chi connectivity index (χ3n) is 4.20. The largest absolute Gasteiger partial charge is 0.389 e. The van der Waals surface area contributed by atoms with Crippen LogP contribution in [0.3, 0.4) is 0 Å². The Bertz CT molecular complexity index is 666. The molecule has 116 valence electrons. The van der Waals surface area contributed by atoms with Crippen molar-refractivity contribution in [2.24, 2.45) is 0 Å². The van der Waals surface area contributed by atoms with Crippen LogP contribution in [0.5, 0.6) is 0 Å². The van der Waals surface area contributed by atoms with Crippen LogP contribution in [0.2, 0.25) is 0 Å². The number of anilines is 1. The summed E-state index contributed by atoms with van der Waals surface area (Å²) in [5.74, 6) is 0.377. The molecule has 1 aromatic carbocycles. The zero-order valence-corrected chi connectivity index (χ0v) is 12.5. The SMILES string of the molecule is O=C(CC1(O)CCCCC1)NNc1ccc2ccccc2n1. The maximum Gasteiger partial charge on any atom is 0.241 e. The Balaban J connectivity index is 1.57. The summed E-state index contributed by atoms with van der Waals surface area (Å²) >= 11 is 0. The molecule has 0 radical (unpaired) electrons. The zero-order valence-electron chi connectivity index (χ0n) is 12.5. The molecular formula is C17H21N3O2. The summed E-state index contributed by atoms with van der Waals surface area (Å²) in [5.41, 5.74) is 5.47. The maximum atomic E-state index is 12.0. The Morgan fingerprint density at radius 3 is 2.73 bits per heavy atom. The van der Waals surface area contributed by atoms with Gasteiger partial charge >= 0.3 is 0 Å². The Hall–Kier alpha value is -2.14. The van der Waals surface area contributed by atoms with Crippen molar-refractivity contribution in [3.05, 3.63) is 36.4 Å². The van der Waals surface area contributed by atoms with Crippen molar-refractivity contribution in [3.8, 4) is 0 Å². The molecule has 3 N–H and O–H groups in total. The van der Waals surface area contributed by atoms with Crippen molar-refractivity contribution in [2.75, 3.05) is 5.43 Å². The van der Waals surface area contributed by atoms with Crippen LogP contribution < -0.4 is 10.9 Å². The lowest BCUT2D eigenvalue weighted by Gasteiger charge is -2.31. The predicted molar refractivity (Wildman–Crippen MR) is 86.2 cm³/mol. The molecule has 22 heavy (non-hydrogen) atoms. The van der Waals surface area contributed by atoms with Crippen LogP contribution in [-0.4, -0.2) is 21.6 Å². The molecule has 1 amide bonds. The Kier molecular flexibility index (Phi) is 4.24. The van der Waals surface area contributed by atoms with Crippen molar-refractivity contribution in [2.45, 2.75) is 44.1 Å². The lowest BCUT2D eigenvalue weighted by atomic mass is 9.82. The molecule has 0 saturated heterocycles. The van der Waals surface area contributed by atoms with Crippen LogP contribution >= 0.6 is 0 Å². The first-order valence-electron chi connectivity index (χ1n) is 7.78. The average molecular weight is 299 g/mol. The minimum Gasteiger partial charge on any atom is -0.389 e. The number of hydrazine groups is 1. The second kappa shape index (κ2) is 6.32. The van der Waals surface area contributed by atoms with Gasteiger partial charge in [0.1, 0.15) is 5.82 Å². The predicted octanol–water partition coefficient (Wildman–Crippen LogP) is 2.76. The van der Waals surface area contributed by atoms with Gasteiger partial charge in [0.2, 0.25) is 5.91 Å². The second-order valence-corrected chi connectivity index (χ2v) is 6.02. The third-order valence-corrected chi connectivity index (χ3v) is 4.20. The smallest absolute Gasteiger partial charge is 0.241 e. The number of carbonyl (C=O) groups excluding carboxylic acids is 1. The highest BCUT2D eigenvalue weighted by Gasteiger charge is 2.31. The van der Waals surface area contributed by atoms with E-state index < -0.39 is 5.60 Å². The van der Waals surface area contributed by atoms with E-state index in [-0.39, 0.29) is 12.3 Å². The molecule has 0 unspecified atom stereocenters. The van der Waals surface area contributed by atoms with Gasteiger partial charge in [0.15, 0.2) is 0 Å². The number of aliphatic hydroxyl groups is 1. The Labute approximate surface area is 129 Å². The van der Waals surface area contributed by atoms with Crippen molar-refractivity contribution in [3.63, 3.8) is 0 Å². The number of fused-ring (bicyclic) bond motifs is 1. The fourth-order valence-corrected chi connectivity index (χ4v) is 3.00. The van der Waals surface area contributed by atoms with Crippen molar-refractivity contribution in [1.29, 1.82) is 0 Å². The third kappa shape index (κ3) is 3.54. The molecule has 1 aliphatic rings. The first-order valence-corrected chi connectivity index (χ1v) is 7.78. The van der Waals surface area contributed by atoms with Gasteiger partial charge in [-0.15, -0.1) is 0 Å². The van der Waals surface area contributed by atoms with Gasteiger partial charge in [-0.1, -0.05) is 37.5 Å². The first kappa shape index (κ1) is 14.8.